The summed E-state index contributed by atoms with van der Waals surface area (Å²) in [6.45, 7) is 7.13. The van der Waals surface area contributed by atoms with Gasteiger partial charge in [0.05, 0.1) is 11.6 Å². The number of aryl methyl sites for hydroxylation is 3. The fraction of sp³-hybridized carbons (Fsp3) is 0.455. The lowest BCUT2D eigenvalue weighted by Gasteiger charge is -2.24. The summed E-state index contributed by atoms with van der Waals surface area (Å²) in [6, 6.07) is 7.39. The van der Waals surface area contributed by atoms with Gasteiger partial charge in [0.25, 0.3) is 10.0 Å². The summed E-state index contributed by atoms with van der Waals surface area (Å²) >= 11 is 2.92. The molecule has 3 heterocycles. The van der Waals surface area contributed by atoms with Crippen LogP contribution in [-0.2, 0) is 19.6 Å². The van der Waals surface area contributed by atoms with Gasteiger partial charge in [-0.1, -0.05) is 6.07 Å². The van der Waals surface area contributed by atoms with Crippen LogP contribution in [-0.4, -0.2) is 55.7 Å². The molecule has 1 aromatic heterocycles. The quantitative estimate of drug-likeness (QED) is 0.690. The van der Waals surface area contributed by atoms with Gasteiger partial charge in [-0.3, -0.25) is 9.59 Å². The molecular weight excluding hydrogens is 466 g/mol. The molecule has 2 aromatic rings. The molecule has 7 nitrogen and oxygen atoms in total. The van der Waals surface area contributed by atoms with Crippen LogP contribution in [0.4, 0.5) is 11.4 Å². The van der Waals surface area contributed by atoms with Crippen molar-refractivity contribution in [3.63, 3.8) is 0 Å². The van der Waals surface area contributed by atoms with E-state index in [1.807, 2.05) is 32.0 Å². The van der Waals surface area contributed by atoms with Gasteiger partial charge in [-0.05, 0) is 50.1 Å². The third kappa shape index (κ3) is 4.59. The van der Waals surface area contributed by atoms with Crippen LogP contribution >= 0.6 is 23.1 Å². The summed E-state index contributed by atoms with van der Waals surface area (Å²) in [5.74, 6) is 0.757. The average Bonchev–Trinajstić information content (AvgIpc) is 3.34. The standard InChI is InChI=1S/C22H27N3O4S3/c1-14-4-5-18(10-15(14)2)25-13-17(11-20(25)26)22(27)23-19-12-21(31-16(19)3)32(28,29)24-6-8-30-9-7-24/h4-5,10,12,17H,6-9,11,13H2,1-3H3,(H,23,27)/t17-/m0/s1. The van der Waals surface area contributed by atoms with Crippen molar-refractivity contribution in [3.8, 4) is 0 Å². The number of sulfonamides is 1. The number of hydrogen-bond acceptors (Lipinski definition) is 6. The zero-order valence-corrected chi connectivity index (χ0v) is 20.8. The van der Waals surface area contributed by atoms with Crippen molar-refractivity contribution < 1.29 is 18.0 Å². The van der Waals surface area contributed by atoms with Gasteiger partial charge in [-0.2, -0.15) is 16.1 Å². The number of nitrogens with one attached hydrogen (secondary N) is 1. The maximum Gasteiger partial charge on any atom is 0.252 e. The Morgan fingerprint density at radius 1 is 1.09 bits per heavy atom. The van der Waals surface area contributed by atoms with Gasteiger partial charge >= 0.3 is 0 Å². The first-order valence-electron chi connectivity index (χ1n) is 10.5. The Balaban J connectivity index is 1.46. The molecular formula is C22H27N3O4S3. The van der Waals surface area contributed by atoms with Crippen LogP contribution in [0.5, 0.6) is 0 Å². The topological polar surface area (TPSA) is 86.8 Å². The van der Waals surface area contributed by atoms with Gasteiger partial charge in [0.1, 0.15) is 4.21 Å². The van der Waals surface area contributed by atoms with Gasteiger partial charge < -0.3 is 10.2 Å². The van der Waals surface area contributed by atoms with Gasteiger partial charge in [0.2, 0.25) is 11.8 Å². The van der Waals surface area contributed by atoms with Crippen LogP contribution in [0.1, 0.15) is 22.4 Å². The van der Waals surface area contributed by atoms with E-state index in [4.69, 9.17) is 0 Å². The lowest BCUT2D eigenvalue weighted by Crippen LogP contribution is -2.37. The van der Waals surface area contributed by atoms with E-state index in [2.05, 4.69) is 5.32 Å². The number of thiophene rings is 1. The number of carbonyl (C=O) groups is 2. The minimum Gasteiger partial charge on any atom is -0.325 e. The van der Waals surface area contributed by atoms with E-state index >= 15 is 0 Å². The molecule has 1 aromatic carbocycles. The number of hydrogen-bond donors (Lipinski definition) is 1. The first-order valence-corrected chi connectivity index (χ1v) is 13.9. The molecule has 1 N–H and O–H groups in total. The highest BCUT2D eigenvalue weighted by Gasteiger charge is 2.36. The maximum absolute atomic E-state index is 13.0. The highest BCUT2D eigenvalue weighted by molar-refractivity contribution is 7.99. The monoisotopic (exact) mass is 493 g/mol. The molecule has 0 radical (unpaired) electrons. The van der Waals surface area contributed by atoms with Crippen LogP contribution in [0, 0.1) is 26.7 Å². The predicted octanol–water partition coefficient (Wildman–Crippen LogP) is 3.40. The van der Waals surface area contributed by atoms with Crippen molar-refractivity contribution in [1.82, 2.24) is 4.31 Å². The summed E-state index contributed by atoms with van der Waals surface area (Å²) in [5.41, 5.74) is 3.55. The Hall–Kier alpha value is -1.88. The molecule has 1 atom stereocenters. The molecule has 10 heteroatoms. The number of thioether (sulfide) groups is 1. The number of benzene rings is 1. The number of anilines is 2. The Morgan fingerprint density at radius 3 is 2.50 bits per heavy atom. The minimum atomic E-state index is -3.55. The SMILES string of the molecule is Cc1ccc(N2C[C@@H](C(=O)Nc3cc(S(=O)(=O)N4CCSCC4)sc3C)CC2=O)cc1C. The average molecular weight is 494 g/mol. The van der Waals surface area contributed by atoms with Crippen molar-refractivity contribution in [2.75, 3.05) is 41.4 Å². The second-order valence-corrected chi connectivity index (χ2v) is 12.9. The molecule has 0 aliphatic carbocycles. The van der Waals surface area contributed by atoms with E-state index in [1.165, 1.54) is 15.6 Å². The molecule has 0 unspecified atom stereocenters. The van der Waals surface area contributed by atoms with Crippen molar-refractivity contribution in [2.24, 2.45) is 5.92 Å². The molecule has 172 valence electrons. The van der Waals surface area contributed by atoms with Gasteiger partial charge in [-0.25, -0.2) is 8.42 Å². The first-order chi connectivity index (χ1) is 15.2. The fourth-order valence-electron chi connectivity index (χ4n) is 3.88. The summed E-state index contributed by atoms with van der Waals surface area (Å²) in [7, 11) is -3.55. The largest absolute Gasteiger partial charge is 0.325 e. The molecule has 0 saturated carbocycles. The summed E-state index contributed by atoms with van der Waals surface area (Å²) < 4.78 is 27.7. The van der Waals surface area contributed by atoms with E-state index in [-0.39, 0.29) is 22.4 Å². The van der Waals surface area contributed by atoms with E-state index in [0.29, 0.717) is 25.3 Å². The maximum atomic E-state index is 13.0. The van der Waals surface area contributed by atoms with Crippen molar-refractivity contribution in [3.05, 3.63) is 40.3 Å². The van der Waals surface area contributed by atoms with Crippen LogP contribution < -0.4 is 10.2 Å². The lowest BCUT2D eigenvalue weighted by atomic mass is 10.1. The molecule has 4 rings (SSSR count). The zero-order chi connectivity index (χ0) is 23.0. The lowest BCUT2D eigenvalue weighted by molar-refractivity contribution is -0.122. The molecule has 2 saturated heterocycles. The highest BCUT2D eigenvalue weighted by atomic mass is 32.2. The minimum absolute atomic E-state index is 0.0818. The number of carbonyl (C=O) groups excluding carboxylic acids is 2. The fourth-order valence-corrected chi connectivity index (χ4v) is 8.01. The van der Waals surface area contributed by atoms with E-state index in [9.17, 15) is 18.0 Å². The second-order valence-electron chi connectivity index (χ2n) is 8.21. The first kappa shape index (κ1) is 23.3. The molecule has 32 heavy (non-hydrogen) atoms. The second kappa shape index (κ2) is 9.17. The van der Waals surface area contributed by atoms with E-state index in [0.717, 1.165) is 33.2 Å². The molecule has 2 amide bonds. The summed E-state index contributed by atoms with van der Waals surface area (Å²) in [5, 5.41) is 2.87. The van der Waals surface area contributed by atoms with Crippen LogP contribution in [0.2, 0.25) is 0 Å². The molecule has 2 fully saturated rings. The Bertz CT molecular complexity index is 1150. The van der Waals surface area contributed by atoms with Crippen molar-refractivity contribution in [2.45, 2.75) is 31.4 Å². The molecule has 0 spiro atoms. The Labute approximate surface area is 197 Å². The third-order valence-corrected chi connectivity index (χ3v) is 10.4. The van der Waals surface area contributed by atoms with Crippen LogP contribution in [0.15, 0.2) is 28.5 Å². The Morgan fingerprint density at radius 2 is 1.81 bits per heavy atom. The van der Waals surface area contributed by atoms with Gasteiger partial charge in [0, 0.05) is 48.1 Å². The predicted molar refractivity (Wildman–Crippen MR) is 130 cm³/mol. The normalized spacial score (nSPS) is 20.0. The summed E-state index contributed by atoms with van der Waals surface area (Å²) in [6.07, 6.45) is 0.137. The van der Waals surface area contributed by atoms with E-state index < -0.39 is 15.9 Å². The van der Waals surface area contributed by atoms with Gasteiger partial charge in [-0.15, -0.1) is 11.3 Å². The molecule has 0 bridgehead atoms. The smallest absolute Gasteiger partial charge is 0.252 e. The third-order valence-electron chi connectivity index (χ3n) is 6.02. The van der Waals surface area contributed by atoms with Crippen LogP contribution in [0.25, 0.3) is 0 Å². The van der Waals surface area contributed by atoms with E-state index in [1.54, 1.807) is 29.7 Å². The van der Waals surface area contributed by atoms with Crippen molar-refractivity contribution in [1.29, 1.82) is 0 Å². The van der Waals surface area contributed by atoms with Gasteiger partial charge in [0.15, 0.2) is 0 Å². The van der Waals surface area contributed by atoms with Crippen molar-refractivity contribution >= 4 is 56.3 Å². The highest BCUT2D eigenvalue weighted by Crippen LogP contribution is 2.34. The molecule has 2 aliphatic rings. The summed E-state index contributed by atoms with van der Waals surface area (Å²) in [4.78, 5) is 27.9. The number of amides is 2. The number of rotatable bonds is 5. The van der Waals surface area contributed by atoms with Crippen LogP contribution in [0.3, 0.4) is 0 Å². The Kier molecular flexibility index (Phi) is 6.67. The molecule has 2 aliphatic heterocycles. The number of nitrogens with zero attached hydrogens (tertiary/aromatic N) is 2. The zero-order valence-electron chi connectivity index (χ0n) is 18.4.